The maximum absolute atomic E-state index is 11.5. The molecule has 0 unspecified atom stereocenters. The van der Waals surface area contributed by atoms with Crippen molar-refractivity contribution in [1.29, 1.82) is 0 Å². The normalized spacial score (nSPS) is 9.93. The maximum Gasteiger partial charge on any atom is 0.313 e. The minimum absolute atomic E-state index is 0.195. The number of carbonyl (C=O) groups is 2. The fourth-order valence-corrected chi connectivity index (χ4v) is 2.98. The van der Waals surface area contributed by atoms with Gasteiger partial charge in [0.2, 0.25) is 0 Å². The zero-order valence-electron chi connectivity index (χ0n) is 7.17. The first-order valence-electron chi connectivity index (χ1n) is 3.59. The van der Waals surface area contributed by atoms with Gasteiger partial charge in [-0.1, -0.05) is 0 Å². The van der Waals surface area contributed by atoms with Crippen molar-refractivity contribution < 1.29 is 14.3 Å². The molecule has 1 aromatic heterocycles. The van der Waals surface area contributed by atoms with Crippen LogP contribution in [0.4, 0.5) is 0 Å². The highest BCUT2D eigenvalue weighted by atomic mass is 127. The van der Waals surface area contributed by atoms with Crippen LogP contribution >= 0.6 is 49.9 Å². The van der Waals surface area contributed by atoms with Gasteiger partial charge in [0.05, 0.1) is 15.8 Å². The third-order valence-electron chi connectivity index (χ3n) is 1.45. The molecule has 76 valence electrons. The van der Waals surface area contributed by atoms with Crippen LogP contribution in [-0.4, -0.2) is 18.9 Å². The number of hydrogen-bond donors (Lipinski definition) is 0. The first-order chi connectivity index (χ1) is 6.54. The third kappa shape index (κ3) is 3.03. The van der Waals surface area contributed by atoms with Crippen molar-refractivity contribution in [2.45, 2.75) is 6.42 Å². The summed E-state index contributed by atoms with van der Waals surface area (Å²) in [4.78, 5) is 22.9. The third-order valence-corrected chi connectivity index (χ3v) is 5.29. The van der Waals surface area contributed by atoms with Crippen molar-refractivity contribution in [1.82, 2.24) is 0 Å². The summed E-state index contributed by atoms with van der Waals surface area (Å²) in [5, 5.41) is 0. The summed E-state index contributed by atoms with van der Waals surface area (Å²) in [5.74, 6) is -0.708. The van der Waals surface area contributed by atoms with E-state index in [0.717, 1.165) is 7.36 Å². The van der Waals surface area contributed by atoms with E-state index < -0.39 is 5.97 Å². The van der Waals surface area contributed by atoms with Crippen LogP contribution in [0.5, 0.6) is 0 Å². The first kappa shape index (κ1) is 12.1. The number of hydrogen-bond acceptors (Lipinski definition) is 4. The summed E-state index contributed by atoms with van der Waals surface area (Å²) >= 11 is 6.75. The molecule has 14 heavy (non-hydrogen) atoms. The fraction of sp³-hybridized carbons (Fsp3) is 0.250. The Kier molecular flexibility index (Phi) is 4.52. The second kappa shape index (κ2) is 5.22. The Hall–Kier alpha value is 0.0500. The minimum atomic E-state index is -0.505. The number of thiophene rings is 1. The molecule has 0 aromatic carbocycles. The predicted molar refractivity (Wildman–Crippen MR) is 65.7 cm³/mol. The van der Waals surface area contributed by atoms with E-state index in [-0.39, 0.29) is 12.2 Å². The minimum Gasteiger partial charge on any atom is -0.469 e. The van der Waals surface area contributed by atoms with E-state index in [1.807, 2.05) is 0 Å². The van der Waals surface area contributed by atoms with Crippen molar-refractivity contribution >= 4 is 61.6 Å². The number of rotatable bonds is 3. The first-order valence-corrected chi connectivity index (χ1v) is 6.28. The molecule has 3 nitrogen and oxygen atoms in total. The Balaban J connectivity index is 2.75. The molecule has 1 rings (SSSR count). The van der Waals surface area contributed by atoms with Gasteiger partial charge in [0, 0.05) is 3.57 Å². The molecule has 0 radical (unpaired) electrons. The Morgan fingerprint density at radius 1 is 1.64 bits per heavy atom. The summed E-state index contributed by atoms with van der Waals surface area (Å²) in [6.07, 6.45) is -0.195. The number of esters is 1. The standard InChI is InChI=1S/C8H6BrIO3S/c1-13-7(12)3-5(11)6-2-4(10)8(9)14-6/h2H,3H2,1H3. The van der Waals surface area contributed by atoms with E-state index in [1.165, 1.54) is 18.4 Å². The molecule has 0 spiro atoms. The number of halogens is 2. The molecule has 1 aromatic rings. The van der Waals surface area contributed by atoms with Crippen LogP contribution in [0, 0.1) is 3.57 Å². The van der Waals surface area contributed by atoms with Crippen molar-refractivity contribution in [2.24, 2.45) is 0 Å². The van der Waals surface area contributed by atoms with E-state index in [4.69, 9.17) is 0 Å². The lowest BCUT2D eigenvalue weighted by Gasteiger charge is -1.95. The summed E-state index contributed by atoms with van der Waals surface area (Å²) in [7, 11) is 1.27. The van der Waals surface area contributed by atoms with E-state index in [0.29, 0.717) is 4.88 Å². The van der Waals surface area contributed by atoms with E-state index in [1.54, 1.807) is 6.07 Å². The van der Waals surface area contributed by atoms with E-state index in [9.17, 15) is 9.59 Å². The summed E-state index contributed by atoms with van der Waals surface area (Å²) < 4.78 is 6.29. The second-order valence-corrected chi connectivity index (χ2v) is 5.94. The molecule has 0 aliphatic heterocycles. The molecule has 0 saturated carbocycles. The Morgan fingerprint density at radius 2 is 2.29 bits per heavy atom. The average molecular weight is 389 g/mol. The zero-order chi connectivity index (χ0) is 10.7. The molecule has 6 heteroatoms. The van der Waals surface area contributed by atoms with Gasteiger partial charge in [0.15, 0.2) is 5.78 Å². The molecule has 0 fully saturated rings. The van der Waals surface area contributed by atoms with Gasteiger partial charge in [-0.15, -0.1) is 11.3 Å². The van der Waals surface area contributed by atoms with Gasteiger partial charge in [-0.05, 0) is 44.6 Å². The molecular weight excluding hydrogens is 383 g/mol. The number of methoxy groups -OCH3 is 1. The van der Waals surface area contributed by atoms with Gasteiger partial charge in [0.1, 0.15) is 6.42 Å². The molecule has 1 heterocycles. The van der Waals surface area contributed by atoms with Crippen LogP contribution in [0.25, 0.3) is 0 Å². The van der Waals surface area contributed by atoms with E-state index in [2.05, 4.69) is 43.3 Å². The molecule has 0 aliphatic carbocycles. The van der Waals surface area contributed by atoms with Crippen LogP contribution in [0.3, 0.4) is 0 Å². The zero-order valence-corrected chi connectivity index (χ0v) is 11.7. The smallest absolute Gasteiger partial charge is 0.313 e. The summed E-state index contributed by atoms with van der Waals surface area (Å²) in [6, 6.07) is 1.75. The maximum atomic E-state index is 11.5. The monoisotopic (exact) mass is 388 g/mol. The average Bonchev–Trinajstić information content (AvgIpc) is 2.47. The van der Waals surface area contributed by atoms with Crippen molar-refractivity contribution in [3.05, 3.63) is 18.3 Å². The number of ether oxygens (including phenoxy) is 1. The lowest BCUT2D eigenvalue weighted by atomic mass is 10.2. The van der Waals surface area contributed by atoms with Crippen LogP contribution in [0.2, 0.25) is 0 Å². The molecule has 0 aliphatic rings. The Morgan fingerprint density at radius 3 is 2.71 bits per heavy atom. The number of Topliss-reactive ketones (excluding diaryl/α,β-unsaturated/α-hetero) is 1. The van der Waals surface area contributed by atoms with Gasteiger partial charge in [-0.25, -0.2) is 0 Å². The van der Waals surface area contributed by atoms with Crippen LogP contribution in [0.1, 0.15) is 16.1 Å². The SMILES string of the molecule is COC(=O)CC(=O)c1cc(I)c(Br)s1. The number of carbonyl (C=O) groups excluding carboxylic acids is 2. The highest BCUT2D eigenvalue weighted by Crippen LogP contribution is 2.29. The molecule has 0 amide bonds. The molecule has 0 bridgehead atoms. The molecule has 0 N–H and O–H groups in total. The molecular formula is C8H6BrIO3S. The van der Waals surface area contributed by atoms with Gasteiger partial charge in [-0.3, -0.25) is 9.59 Å². The van der Waals surface area contributed by atoms with Gasteiger partial charge in [-0.2, -0.15) is 0 Å². The second-order valence-electron chi connectivity index (χ2n) is 2.41. The van der Waals surface area contributed by atoms with Crippen molar-refractivity contribution in [3.63, 3.8) is 0 Å². The summed E-state index contributed by atoms with van der Waals surface area (Å²) in [5.41, 5.74) is 0. The highest BCUT2D eigenvalue weighted by molar-refractivity contribution is 14.1. The van der Waals surface area contributed by atoms with Crippen LogP contribution in [0.15, 0.2) is 9.85 Å². The highest BCUT2D eigenvalue weighted by Gasteiger charge is 2.15. The lowest BCUT2D eigenvalue weighted by molar-refractivity contribution is -0.139. The summed E-state index contributed by atoms with van der Waals surface area (Å²) in [6.45, 7) is 0. The topological polar surface area (TPSA) is 43.4 Å². The quantitative estimate of drug-likeness (QED) is 0.346. The largest absolute Gasteiger partial charge is 0.469 e. The van der Waals surface area contributed by atoms with E-state index >= 15 is 0 Å². The Bertz CT molecular complexity index is 355. The van der Waals surface area contributed by atoms with Gasteiger partial charge >= 0.3 is 5.97 Å². The molecule has 0 atom stereocenters. The molecule has 0 saturated heterocycles. The van der Waals surface area contributed by atoms with Crippen LogP contribution in [-0.2, 0) is 9.53 Å². The van der Waals surface area contributed by atoms with Crippen molar-refractivity contribution in [2.75, 3.05) is 7.11 Å². The van der Waals surface area contributed by atoms with Crippen LogP contribution < -0.4 is 0 Å². The van der Waals surface area contributed by atoms with Gasteiger partial charge in [0.25, 0.3) is 0 Å². The van der Waals surface area contributed by atoms with Crippen molar-refractivity contribution in [3.8, 4) is 0 Å². The van der Waals surface area contributed by atoms with Gasteiger partial charge < -0.3 is 4.74 Å². The lowest BCUT2D eigenvalue weighted by Crippen LogP contribution is -2.08. The number of ketones is 1. The fourth-order valence-electron chi connectivity index (χ4n) is 0.774. The Labute approximate surface area is 107 Å². The predicted octanol–water partition coefficient (Wildman–Crippen LogP) is 2.86.